The minimum atomic E-state index is -0.474. The first-order valence-electron chi connectivity index (χ1n) is 8.19. The van der Waals surface area contributed by atoms with E-state index in [2.05, 4.69) is 15.5 Å². The number of methoxy groups -OCH3 is 4. The molecule has 3 rings (SSSR count). The molecule has 1 N–H and O–H groups in total. The number of nitrogens with zero attached hydrogens (tertiary/aromatic N) is 2. The van der Waals surface area contributed by atoms with Crippen LogP contribution in [-0.2, 0) is 0 Å². The molecule has 1 amide bonds. The lowest BCUT2D eigenvalue weighted by Crippen LogP contribution is -2.13. The van der Waals surface area contributed by atoms with Gasteiger partial charge in [0.15, 0.2) is 23.0 Å². The average molecular weight is 385 g/mol. The van der Waals surface area contributed by atoms with Crippen molar-refractivity contribution in [3.05, 3.63) is 42.0 Å². The first-order chi connectivity index (χ1) is 13.6. The zero-order chi connectivity index (χ0) is 20.1. The van der Waals surface area contributed by atoms with Crippen LogP contribution in [0.25, 0.3) is 11.5 Å². The number of anilines is 1. The normalized spacial score (nSPS) is 10.3. The molecule has 1 heterocycles. The Hall–Kier alpha value is -3.75. The van der Waals surface area contributed by atoms with Gasteiger partial charge in [-0.05, 0) is 30.3 Å². The first kappa shape index (κ1) is 19.0. The number of ether oxygens (including phenoxy) is 4. The third-order valence-electron chi connectivity index (χ3n) is 3.92. The quantitative estimate of drug-likeness (QED) is 0.662. The Morgan fingerprint density at radius 1 is 0.893 bits per heavy atom. The molecule has 1 aromatic heterocycles. The lowest BCUT2D eigenvalue weighted by Gasteiger charge is -2.11. The minimum absolute atomic E-state index is 0.0559. The van der Waals surface area contributed by atoms with Gasteiger partial charge in [-0.25, -0.2) is 0 Å². The molecule has 0 spiro atoms. The van der Waals surface area contributed by atoms with E-state index >= 15 is 0 Å². The van der Waals surface area contributed by atoms with Gasteiger partial charge in [-0.2, -0.15) is 0 Å². The molecule has 0 bridgehead atoms. The van der Waals surface area contributed by atoms with Gasteiger partial charge in [-0.1, -0.05) is 11.2 Å². The van der Waals surface area contributed by atoms with E-state index in [0.717, 1.165) is 0 Å². The molecule has 9 nitrogen and oxygen atoms in total. The highest BCUT2D eigenvalue weighted by Crippen LogP contribution is 2.33. The van der Waals surface area contributed by atoms with Crippen LogP contribution in [0.4, 0.5) is 6.01 Å². The summed E-state index contributed by atoms with van der Waals surface area (Å²) in [6.07, 6.45) is 0. The van der Waals surface area contributed by atoms with Crippen molar-refractivity contribution in [2.24, 2.45) is 0 Å². The summed E-state index contributed by atoms with van der Waals surface area (Å²) in [4.78, 5) is 12.6. The highest BCUT2D eigenvalue weighted by molar-refractivity contribution is 6.05. The van der Waals surface area contributed by atoms with E-state index < -0.39 is 5.91 Å². The van der Waals surface area contributed by atoms with Crippen LogP contribution in [0.1, 0.15) is 10.4 Å². The molecule has 9 heteroatoms. The third kappa shape index (κ3) is 3.68. The van der Waals surface area contributed by atoms with Crippen molar-refractivity contribution in [1.82, 2.24) is 10.2 Å². The Balaban J connectivity index is 1.83. The maximum atomic E-state index is 12.6. The molecule has 0 atom stereocenters. The van der Waals surface area contributed by atoms with Crippen LogP contribution in [0, 0.1) is 0 Å². The number of nitrogens with one attached hydrogen (secondary N) is 1. The fourth-order valence-corrected chi connectivity index (χ4v) is 2.59. The molecule has 146 valence electrons. The van der Waals surface area contributed by atoms with Gasteiger partial charge in [0.25, 0.3) is 5.91 Å². The molecule has 3 aromatic rings. The lowest BCUT2D eigenvalue weighted by atomic mass is 10.1. The summed E-state index contributed by atoms with van der Waals surface area (Å²) in [5.74, 6) is 1.58. The van der Waals surface area contributed by atoms with Gasteiger partial charge in [0, 0.05) is 5.56 Å². The van der Waals surface area contributed by atoms with Gasteiger partial charge >= 0.3 is 6.01 Å². The predicted molar refractivity (Wildman–Crippen MR) is 100 cm³/mol. The van der Waals surface area contributed by atoms with Crippen molar-refractivity contribution in [3.8, 4) is 34.5 Å². The molecule has 0 radical (unpaired) electrons. The van der Waals surface area contributed by atoms with Gasteiger partial charge in [0.1, 0.15) is 0 Å². The molecular formula is C19H19N3O6. The molecule has 0 unspecified atom stereocenters. The number of carbonyl (C=O) groups excluding carboxylic acids is 1. The van der Waals surface area contributed by atoms with Crippen molar-refractivity contribution < 1.29 is 28.2 Å². The predicted octanol–water partition coefficient (Wildman–Crippen LogP) is 3.02. The zero-order valence-corrected chi connectivity index (χ0v) is 15.8. The second-order valence-corrected chi connectivity index (χ2v) is 5.48. The van der Waals surface area contributed by atoms with Crippen molar-refractivity contribution in [2.45, 2.75) is 0 Å². The Kier molecular flexibility index (Phi) is 5.64. The number of hydrogen-bond donors (Lipinski definition) is 1. The number of aromatic nitrogens is 2. The number of para-hydroxylation sites is 1. The van der Waals surface area contributed by atoms with E-state index in [4.69, 9.17) is 23.4 Å². The highest BCUT2D eigenvalue weighted by Gasteiger charge is 2.19. The van der Waals surface area contributed by atoms with Crippen LogP contribution in [0.2, 0.25) is 0 Å². The van der Waals surface area contributed by atoms with E-state index in [9.17, 15) is 4.79 Å². The number of benzene rings is 2. The van der Waals surface area contributed by atoms with Gasteiger partial charge < -0.3 is 23.4 Å². The fourth-order valence-electron chi connectivity index (χ4n) is 2.59. The van der Waals surface area contributed by atoms with Crippen LogP contribution in [0.15, 0.2) is 40.8 Å². The monoisotopic (exact) mass is 385 g/mol. The Bertz CT molecular complexity index is 986. The van der Waals surface area contributed by atoms with Gasteiger partial charge in [0.2, 0.25) is 5.89 Å². The molecule has 0 fully saturated rings. The summed E-state index contributed by atoms with van der Waals surface area (Å²) in [5.41, 5.74) is 0.886. The third-order valence-corrected chi connectivity index (χ3v) is 3.92. The summed E-state index contributed by atoms with van der Waals surface area (Å²) in [5, 5.41) is 10.4. The standard InChI is InChI=1S/C19H19N3O6/c1-24-13-9-8-11(10-15(13)26-3)18-21-22-19(28-18)20-17(23)12-6-5-7-14(25-2)16(12)27-4/h5-10H,1-4H3,(H,20,22,23). The molecule has 2 aromatic carbocycles. The number of hydrogen-bond acceptors (Lipinski definition) is 8. The van der Waals surface area contributed by atoms with E-state index in [0.29, 0.717) is 28.6 Å². The molecule has 28 heavy (non-hydrogen) atoms. The fraction of sp³-hybridized carbons (Fsp3) is 0.211. The molecule has 0 aliphatic carbocycles. The van der Waals surface area contributed by atoms with Gasteiger partial charge in [-0.3, -0.25) is 10.1 Å². The largest absolute Gasteiger partial charge is 0.493 e. The summed E-state index contributed by atoms with van der Waals surface area (Å²) >= 11 is 0. The Morgan fingerprint density at radius 3 is 2.32 bits per heavy atom. The van der Waals surface area contributed by atoms with E-state index in [1.165, 1.54) is 21.3 Å². The lowest BCUT2D eigenvalue weighted by molar-refractivity contribution is 0.102. The summed E-state index contributed by atoms with van der Waals surface area (Å²) in [6, 6.07) is 10.1. The molecule has 0 aliphatic heterocycles. The molecule has 0 aliphatic rings. The second-order valence-electron chi connectivity index (χ2n) is 5.48. The SMILES string of the molecule is COc1ccc(-c2nnc(NC(=O)c3cccc(OC)c3OC)o2)cc1OC. The zero-order valence-electron chi connectivity index (χ0n) is 15.8. The summed E-state index contributed by atoms with van der Waals surface area (Å²) < 4.78 is 26.5. The topological polar surface area (TPSA) is 105 Å². The Morgan fingerprint density at radius 2 is 1.64 bits per heavy atom. The maximum Gasteiger partial charge on any atom is 0.322 e. The number of amides is 1. The number of rotatable bonds is 7. The van der Waals surface area contributed by atoms with Crippen molar-refractivity contribution >= 4 is 11.9 Å². The highest BCUT2D eigenvalue weighted by atomic mass is 16.5. The van der Waals surface area contributed by atoms with Crippen molar-refractivity contribution in [2.75, 3.05) is 33.8 Å². The van der Waals surface area contributed by atoms with Crippen LogP contribution < -0.4 is 24.3 Å². The van der Waals surface area contributed by atoms with Gasteiger partial charge in [-0.15, -0.1) is 5.10 Å². The van der Waals surface area contributed by atoms with Crippen LogP contribution in [0.3, 0.4) is 0 Å². The molecule has 0 saturated carbocycles. The summed E-state index contributed by atoms with van der Waals surface area (Å²) in [7, 11) is 6.02. The average Bonchev–Trinajstić information content (AvgIpc) is 3.20. The van der Waals surface area contributed by atoms with E-state index in [1.54, 1.807) is 43.5 Å². The smallest absolute Gasteiger partial charge is 0.322 e. The van der Waals surface area contributed by atoms with Crippen molar-refractivity contribution in [3.63, 3.8) is 0 Å². The molecule has 0 saturated heterocycles. The maximum absolute atomic E-state index is 12.6. The summed E-state index contributed by atoms with van der Waals surface area (Å²) in [6.45, 7) is 0. The Labute approximate surface area is 161 Å². The van der Waals surface area contributed by atoms with E-state index in [-0.39, 0.29) is 17.5 Å². The van der Waals surface area contributed by atoms with E-state index in [1.807, 2.05) is 0 Å². The van der Waals surface area contributed by atoms with Crippen molar-refractivity contribution in [1.29, 1.82) is 0 Å². The van der Waals surface area contributed by atoms with Gasteiger partial charge in [0.05, 0.1) is 34.0 Å². The number of carbonyl (C=O) groups is 1. The van der Waals surface area contributed by atoms with Crippen LogP contribution >= 0.6 is 0 Å². The first-order valence-corrected chi connectivity index (χ1v) is 8.19. The minimum Gasteiger partial charge on any atom is -0.493 e. The molecular weight excluding hydrogens is 366 g/mol. The van der Waals surface area contributed by atoms with Crippen LogP contribution in [-0.4, -0.2) is 44.5 Å². The van der Waals surface area contributed by atoms with Crippen LogP contribution in [0.5, 0.6) is 23.0 Å². The second kappa shape index (κ2) is 8.30.